The number of amides is 4. The van der Waals surface area contributed by atoms with Gasteiger partial charge in [0.2, 0.25) is 0 Å². The van der Waals surface area contributed by atoms with E-state index in [0.717, 1.165) is 17.0 Å². The van der Waals surface area contributed by atoms with E-state index >= 15 is 0 Å². The van der Waals surface area contributed by atoms with Crippen LogP contribution in [0.3, 0.4) is 0 Å². The molecule has 1 saturated heterocycles. The molecule has 4 amide bonds. The Morgan fingerprint density at radius 1 is 1.10 bits per heavy atom. The van der Waals surface area contributed by atoms with E-state index in [1.165, 1.54) is 61.0 Å². The average molecular weight is 584 g/mol. The molecule has 220 valence electrons. The van der Waals surface area contributed by atoms with Gasteiger partial charge in [0.15, 0.2) is 5.78 Å². The molecule has 1 unspecified atom stereocenters. The number of rotatable bonds is 5. The van der Waals surface area contributed by atoms with E-state index in [2.05, 4.69) is 5.32 Å². The Morgan fingerprint density at radius 3 is 2.33 bits per heavy atom. The number of carboxylic acid groups (broad SMARTS) is 1. The fourth-order valence-electron chi connectivity index (χ4n) is 5.40. The summed E-state index contributed by atoms with van der Waals surface area (Å²) in [6, 6.07) is 8.29. The molecule has 0 radical (unpaired) electrons. The molecule has 4 rings (SSSR count). The molecule has 0 aliphatic carbocycles. The maximum atomic E-state index is 13.7. The molecule has 2 aromatic carbocycles. The molecule has 1 fully saturated rings. The number of hydrogen-bond donors (Lipinski definition) is 2. The minimum absolute atomic E-state index is 0.0402. The lowest BCUT2D eigenvalue weighted by Crippen LogP contribution is -2.49. The van der Waals surface area contributed by atoms with Gasteiger partial charge in [-0.3, -0.25) is 14.5 Å². The zero-order chi connectivity index (χ0) is 30.9. The van der Waals surface area contributed by atoms with Crippen LogP contribution in [0.4, 0.5) is 28.4 Å². The molecule has 0 spiro atoms. The summed E-state index contributed by atoms with van der Waals surface area (Å²) in [5.74, 6) is -1.04. The highest BCUT2D eigenvalue weighted by atomic mass is 19.4. The normalized spacial score (nSPS) is 18.2. The highest BCUT2D eigenvalue weighted by Gasteiger charge is 2.41. The van der Waals surface area contributed by atoms with Gasteiger partial charge in [-0.1, -0.05) is 12.1 Å². The lowest BCUT2D eigenvalue weighted by Gasteiger charge is -2.42. The Morgan fingerprint density at radius 2 is 1.76 bits per heavy atom. The van der Waals surface area contributed by atoms with Crippen molar-refractivity contribution in [3.05, 3.63) is 76.0 Å². The van der Waals surface area contributed by atoms with Crippen molar-refractivity contribution < 1.29 is 37.5 Å². The number of alkyl halides is 3. The van der Waals surface area contributed by atoms with Crippen molar-refractivity contribution >= 4 is 29.5 Å². The Hall–Kier alpha value is -4.86. The van der Waals surface area contributed by atoms with E-state index in [4.69, 9.17) is 0 Å². The number of likely N-dealkylation sites (N-methyl/N-ethyl adjacent to an activating group) is 1. The maximum Gasteiger partial charge on any atom is 0.416 e. The zero-order valence-electron chi connectivity index (χ0n) is 23.0. The second kappa shape index (κ2) is 11.6. The Labute approximate surface area is 239 Å². The predicted molar refractivity (Wildman–Crippen MR) is 144 cm³/mol. The molecular weight excluding hydrogens is 555 g/mol. The van der Waals surface area contributed by atoms with Crippen molar-refractivity contribution in [2.75, 3.05) is 25.0 Å². The van der Waals surface area contributed by atoms with Gasteiger partial charge in [0.1, 0.15) is 0 Å². The first-order chi connectivity index (χ1) is 19.7. The summed E-state index contributed by atoms with van der Waals surface area (Å²) >= 11 is 0. The van der Waals surface area contributed by atoms with Gasteiger partial charge in [-0.15, -0.1) is 0 Å². The van der Waals surface area contributed by atoms with Crippen LogP contribution in [0, 0.1) is 11.3 Å². The molecule has 0 aromatic heterocycles. The smallest absolute Gasteiger partial charge is 0.416 e. The van der Waals surface area contributed by atoms with E-state index in [1.54, 1.807) is 0 Å². The quantitative estimate of drug-likeness (QED) is 0.513. The topological polar surface area (TPSA) is 134 Å². The Kier molecular flexibility index (Phi) is 8.28. The Bertz CT molecular complexity index is 1520. The van der Waals surface area contributed by atoms with Gasteiger partial charge < -0.3 is 20.2 Å². The summed E-state index contributed by atoms with van der Waals surface area (Å²) in [6.45, 7) is 3.17. The summed E-state index contributed by atoms with van der Waals surface area (Å²) < 4.78 is 40.3. The van der Waals surface area contributed by atoms with Crippen LogP contribution >= 0.6 is 0 Å². The van der Waals surface area contributed by atoms with Crippen LogP contribution in [-0.2, 0) is 11.0 Å². The van der Waals surface area contributed by atoms with Crippen LogP contribution in [0.25, 0.3) is 0 Å². The number of hydrogen-bond acceptors (Lipinski definition) is 5. The van der Waals surface area contributed by atoms with Crippen LogP contribution in [0.2, 0.25) is 0 Å². The van der Waals surface area contributed by atoms with Crippen LogP contribution in [0.15, 0.2) is 53.7 Å². The zero-order valence-corrected chi connectivity index (χ0v) is 23.0. The number of anilines is 1. The predicted octanol–water partition coefficient (Wildman–Crippen LogP) is 4.93. The van der Waals surface area contributed by atoms with Crippen LogP contribution in [0.5, 0.6) is 0 Å². The molecular formula is C29H28F3N5O5. The van der Waals surface area contributed by atoms with Gasteiger partial charge in [0.25, 0.3) is 5.91 Å². The summed E-state index contributed by atoms with van der Waals surface area (Å²) in [7, 11) is 1.38. The third kappa shape index (κ3) is 5.79. The molecule has 13 heteroatoms. The van der Waals surface area contributed by atoms with Gasteiger partial charge in [-0.2, -0.15) is 18.4 Å². The van der Waals surface area contributed by atoms with Crippen molar-refractivity contribution in [2.45, 2.75) is 44.9 Å². The van der Waals surface area contributed by atoms with Gasteiger partial charge in [-0.05, 0) is 62.6 Å². The van der Waals surface area contributed by atoms with Crippen molar-refractivity contribution in [3.63, 3.8) is 0 Å². The molecule has 0 bridgehead atoms. The largest absolute Gasteiger partial charge is 0.465 e. The molecule has 2 N–H and O–H groups in total. The lowest BCUT2D eigenvalue weighted by atomic mass is 9.87. The molecule has 2 heterocycles. The average Bonchev–Trinajstić information content (AvgIpc) is 2.94. The SMILES string of the molecule is CC(=O)C1=C(C)N(c2cccc(C(F)(F)F)c2)C(=O)N(C)C1c1ccc(C#N)cc1C(=O)NC1CCN(C(=O)O)CC1. The minimum atomic E-state index is -4.65. The number of halogens is 3. The lowest BCUT2D eigenvalue weighted by molar-refractivity contribution is -0.137. The number of nitrogens with one attached hydrogen (secondary N) is 1. The van der Waals surface area contributed by atoms with Crippen molar-refractivity contribution in [1.82, 2.24) is 15.1 Å². The fourth-order valence-corrected chi connectivity index (χ4v) is 5.40. The second-order valence-electron chi connectivity index (χ2n) is 10.2. The van der Waals surface area contributed by atoms with E-state index < -0.39 is 41.6 Å². The van der Waals surface area contributed by atoms with Crippen LogP contribution < -0.4 is 10.2 Å². The van der Waals surface area contributed by atoms with Gasteiger partial charge in [-0.25, -0.2) is 9.59 Å². The molecule has 2 aliphatic rings. The molecule has 10 nitrogen and oxygen atoms in total. The standard InChI is InChI=1S/C29H28F3N5O5/c1-16-24(17(2)38)25(35(3)27(40)37(16)21-6-4-5-19(14-21)29(30,31)32)22-8-7-18(15-33)13-23(22)26(39)34-20-9-11-36(12-10-20)28(41)42/h4-8,13-14,20,25H,9-12H2,1-3H3,(H,34,39)(H,41,42). The van der Waals surface area contributed by atoms with E-state index in [9.17, 15) is 42.7 Å². The Balaban J connectivity index is 1.77. The third-order valence-corrected chi connectivity index (χ3v) is 7.51. The fraction of sp³-hybridized carbons (Fsp3) is 0.345. The van der Waals surface area contributed by atoms with E-state index in [0.29, 0.717) is 12.8 Å². The number of carbonyl (C=O) groups excluding carboxylic acids is 3. The van der Waals surface area contributed by atoms with Gasteiger partial charge >= 0.3 is 18.3 Å². The number of allylic oxidation sites excluding steroid dienone is 1. The van der Waals surface area contributed by atoms with Crippen molar-refractivity contribution in [2.24, 2.45) is 0 Å². The summed E-state index contributed by atoms with van der Waals surface area (Å²) in [5.41, 5.74) is -0.409. The number of benzene rings is 2. The first-order valence-electron chi connectivity index (χ1n) is 13.0. The number of nitrogens with zero attached hydrogens (tertiary/aromatic N) is 4. The van der Waals surface area contributed by atoms with E-state index in [1.807, 2.05) is 6.07 Å². The monoisotopic (exact) mass is 583 g/mol. The number of ketones is 1. The first kappa shape index (κ1) is 30.1. The number of urea groups is 1. The maximum absolute atomic E-state index is 13.7. The molecule has 0 saturated carbocycles. The molecule has 2 aromatic rings. The van der Waals surface area contributed by atoms with Gasteiger partial charge in [0, 0.05) is 43.0 Å². The molecule has 2 aliphatic heterocycles. The first-order valence-corrected chi connectivity index (χ1v) is 13.0. The molecule has 1 atom stereocenters. The third-order valence-electron chi connectivity index (χ3n) is 7.51. The minimum Gasteiger partial charge on any atom is -0.465 e. The summed E-state index contributed by atoms with van der Waals surface area (Å²) in [4.78, 5) is 55.0. The highest BCUT2D eigenvalue weighted by molar-refractivity contribution is 6.06. The summed E-state index contributed by atoms with van der Waals surface area (Å²) in [5, 5.41) is 21.6. The number of nitriles is 1. The number of carbonyl (C=O) groups is 4. The molecule has 42 heavy (non-hydrogen) atoms. The van der Waals surface area contributed by atoms with Gasteiger partial charge in [0.05, 0.1) is 28.9 Å². The van der Waals surface area contributed by atoms with Crippen molar-refractivity contribution in [1.29, 1.82) is 5.26 Å². The number of piperidine rings is 1. The van der Waals surface area contributed by atoms with Crippen LogP contribution in [-0.4, -0.2) is 64.9 Å². The number of Topliss-reactive ketones (excluding diaryl/α,β-unsaturated/α-hetero) is 1. The van der Waals surface area contributed by atoms with Crippen LogP contribution in [0.1, 0.15) is 59.8 Å². The number of likely N-dealkylation sites (tertiary alicyclic amines) is 1. The van der Waals surface area contributed by atoms with E-state index in [-0.39, 0.29) is 52.8 Å². The summed E-state index contributed by atoms with van der Waals surface area (Å²) in [6.07, 6.45) is -4.96. The second-order valence-corrected chi connectivity index (χ2v) is 10.2. The highest BCUT2D eigenvalue weighted by Crippen LogP contribution is 2.41. The van der Waals surface area contributed by atoms with Crippen molar-refractivity contribution in [3.8, 4) is 6.07 Å².